The monoisotopic (exact) mass is 439 g/mol. The van der Waals surface area contributed by atoms with E-state index in [0.29, 0.717) is 5.95 Å². The number of rotatable bonds is 12. The van der Waals surface area contributed by atoms with Crippen LogP contribution >= 0.6 is 0 Å². The van der Waals surface area contributed by atoms with Crippen LogP contribution in [0.25, 0.3) is 0 Å². The predicted octanol–water partition coefficient (Wildman–Crippen LogP) is 6.70. The van der Waals surface area contributed by atoms with Gasteiger partial charge >= 0.3 is 0 Å². The number of hydrogen-bond donors (Lipinski definition) is 2. The van der Waals surface area contributed by atoms with Gasteiger partial charge in [0.1, 0.15) is 17.4 Å². The molecule has 1 aromatic carbocycles. The third kappa shape index (κ3) is 10.3. The number of unbranched alkanes of at least 4 members (excludes halogenated alkanes) is 2. The minimum Gasteiger partial charge on any atom is -0.497 e. The van der Waals surface area contributed by atoms with Gasteiger partial charge in [0.05, 0.1) is 7.11 Å². The number of nitrogens with one attached hydrogen (secondary N) is 2. The van der Waals surface area contributed by atoms with Gasteiger partial charge in [-0.25, -0.2) is 0 Å². The van der Waals surface area contributed by atoms with Crippen molar-refractivity contribution in [3.05, 3.63) is 59.9 Å². The highest BCUT2D eigenvalue weighted by Crippen LogP contribution is 2.21. The van der Waals surface area contributed by atoms with Gasteiger partial charge in [-0.2, -0.15) is 9.97 Å². The molecule has 0 unspecified atom stereocenters. The Morgan fingerprint density at radius 3 is 2.44 bits per heavy atom. The van der Waals surface area contributed by atoms with Crippen molar-refractivity contribution in [1.82, 2.24) is 9.97 Å². The van der Waals surface area contributed by atoms with E-state index < -0.39 is 0 Å². The predicted molar refractivity (Wildman–Crippen MR) is 139 cm³/mol. The summed E-state index contributed by atoms with van der Waals surface area (Å²) in [6.07, 6.45) is 10.4. The van der Waals surface area contributed by atoms with Crippen LogP contribution in [0.3, 0.4) is 0 Å². The van der Waals surface area contributed by atoms with Crippen LogP contribution in [-0.2, 0) is 4.74 Å². The van der Waals surface area contributed by atoms with E-state index in [1.54, 1.807) is 7.11 Å². The highest BCUT2D eigenvalue weighted by molar-refractivity contribution is 5.61. The summed E-state index contributed by atoms with van der Waals surface area (Å²) in [6, 6.07) is 10.2. The summed E-state index contributed by atoms with van der Waals surface area (Å²) in [5, 5.41) is 6.72. The van der Waals surface area contributed by atoms with E-state index in [0.717, 1.165) is 55.3 Å². The zero-order valence-corrected chi connectivity index (χ0v) is 20.9. The van der Waals surface area contributed by atoms with Crippen LogP contribution in [0.4, 0.5) is 23.3 Å². The second-order valence-electron chi connectivity index (χ2n) is 7.36. The Hall–Kier alpha value is -3.02. The van der Waals surface area contributed by atoms with Crippen LogP contribution in [0.2, 0.25) is 0 Å². The van der Waals surface area contributed by atoms with Crippen LogP contribution in [0.15, 0.2) is 54.3 Å². The molecule has 2 N–H and O–H groups in total. The van der Waals surface area contributed by atoms with E-state index in [-0.39, 0.29) is 0 Å². The zero-order chi connectivity index (χ0) is 23.8. The minimum absolute atomic E-state index is 0.634. The first-order valence-corrected chi connectivity index (χ1v) is 11.6. The third-order valence-corrected chi connectivity index (χ3v) is 4.51. The van der Waals surface area contributed by atoms with Gasteiger partial charge < -0.3 is 20.3 Å². The average Bonchev–Trinajstić information content (AvgIpc) is 2.80. The molecule has 176 valence electrons. The van der Waals surface area contributed by atoms with Crippen molar-refractivity contribution < 1.29 is 4.74 Å². The molecule has 1 heterocycles. The molecule has 0 aliphatic carbocycles. The second kappa shape index (κ2) is 15.7. The fraction of sp³-hybridized carbons (Fsp3) is 0.462. The topological polar surface area (TPSA) is 62.3 Å². The first kappa shape index (κ1) is 27.0. The third-order valence-electron chi connectivity index (χ3n) is 4.51. The lowest BCUT2D eigenvalue weighted by Crippen LogP contribution is -2.14. The number of nitrogens with zero attached hydrogens (tertiary/aromatic N) is 3. The summed E-state index contributed by atoms with van der Waals surface area (Å²) in [5.41, 5.74) is 2.24. The molecule has 2 rings (SSSR count). The molecule has 32 heavy (non-hydrogen) atoms. The first-order chi connectivity index (χ1) is 15.5. The maximum atomic E-state index is 5.36. The smallest absolute Gasteiger partial charge is 0.226 e. The Morgan fingerprint density at radius 1 is 1.09 bits per heavy atom. The molecule has 0 bridgehead atoms. The summed E-state index contributed by atoms with van der Waals surface area (Å²) in [5.74, 6) is 3.20. The zero-order valence-electron chi connectivity index (χ0n) is 20.9. The Bertz CT molecular complexity index is 829. The number of ether oxygens (including phenoxy) is 1. The molecule has 0 saturated carbocycles. The number of aryl methyl sites for hydroxylation is 1. The van der Waals surface area contributed by atoms with Gasteiger partial charge in [-0.05, 0) is 56.9 Å². The fourth-order valence-corrected chi connectivity index (χ4v) is 2.76. The van der Waals surface area contributed by atoms with Gasteiger partial charge in [0.2, 0.25) is 5.95 Å². The Labute approximate surface area is 194 Å². The fourth-order valence-electron chi connectivity index (χ4n) is 2.76. The van der Waals surface area contributed by atoms with Gasteiger partial charge in [0.15, 0.2) is 0 Å². The largest absolute Gasteiger partial charge is 0.497 e. The number of benzene rings is 1. The number of anilines is 4. The van der Waals surface area contributed by atoms with Gasteiger partial charge in [-0.1, -0.05) is 44.5 Å². The highest BCUT2D eigenvalue weighted by Gasteiger charge is 2.07. The lowest BCUT2D eigenvalue weighted by atomic mass is 10.2. The lowest BCUT2D eigenvalue weighted by molar-refractivity contribution is 0.304. The molecule has 6 heteroatoms. The van der Waals surface area contributed by atoms with Gasteiger partial charge in [0, 0.05) is 32.4 Å². The molecule has 0 radical (unpaired) electrons. The molecule has 0 fully saturated rings. The molecular weight excluding hydrogens is 398 g/mol. The van der Waals surface area contributed by atoms with E-state index in [4.69, 9.17) is 4.74 Å². The Kier molecular flexibility index (Phi) is 13.3. The van der Waals surface area contributed by atoms with E-state index in [2.05, 4.69) is 70.9 Å². The van der Waals surface area contributed by atoms with E-state index in [1.165, 1.54) is 5.56 Å². The van der Waals surface area contributed by atoms with E-state index in [9.17, 15) is 0 Å². The molecule has 2 aromatic rings. The SMILES string of the molecule is CC.CC/C=C\C(=C/CCCCNc1nc(Nc2ccc(C)cc2)cc(N(C)C)n1)OC. The molecule has 6 nitrogen and oxygen atoms in total. The quantitative estimate of drug-likeness (QED) is 0.218. The summed E-state index contributed by atoms with van der Waals surface area (Å²) in [7, 11) is 5.67. The van der Waals surface area contributed by atoms with Gasteiger partial charge in [-0.15, -0.1) is 0 Å². The van der Waals surface area contributed by atoms with E-state index in [1.807, 2.05) is 45.0 Å². The van der Waals surface area contributed by atoms with Crippen molar-refractivity contribution in [3.63, 3.8) is 0 Å². The van der Waals surface area contributed by atoms with Crippen LogP contribution in [0.1, 0.15) is 52.0 Å². The highest BCUT2D eigenvalue weighted by atomic mass is 16.5. The Morgan fingerprint density at radius 2 is 1.81 bits per heavy atom. The van der Waals surface area contributed by atoms with Crippen LogP contribution in [0, 0.1) is 6.92 Å². The molecule has 0 spiro atoms. The van der Waals surface area contributed by atoms with Crippen LogP contribution < -0.4 is 15.5 Å². The standard InChI is InChI=1S/C24H35N5O.C2H6/c1-6-7-11-21(30-5)12-9-8-10-17-25-24-27-22(18-23(28-24)29(3)4)26-20-15-13-19(2)14-16-20;1-2/h7,11-16,18H,6,8-10,17H2,1-5H3,(H2,25,26,27,28);1-2H3/b11-7-,21-12+;. The molecule has 0 aliphatic heterocycles. The van der Waals surface area contributed by atoms with Crippen LogP contribution in [-0.4, -0.2) is 37.7 Å². The van der Waals surface area contributed by atoms with Crippen molar-refractivity contribution in [2.75, 3.05) is 43.3 Å². The number of aromatic nitrogens is 2. The molecule has 0 aliphatic rings. The van der Waals surface area contributed by atoms with Gasteiger partial charge in [-0.3, -0.25) is 0 Å². The van der Waals surface area contributed by atoms with E-state index >= 15 is 0 Å². The second-order valence-corrected chi connectivity index (χ2v) is 7.36. The first-order valence-electron chi connectivity index (χ1n) is 11.6. The summed E-state index contributed by atoms with van der Waals surface area (Å²) < 4.78 is 5.36. The molecule has 0 saturated heterocycles. The summed E-state index contributed by atoms with van der Waals surface area (Å²) in [4.78, 5) is 11.2. The molecule has 1 aromatic heterocycles. The summed E-state index contributed by atoms with van der Waals surface area (Å²) in [6.45, 7) is 9.01. The number of allylic oxidation sites excluding steroid dienone is 3. The van der Waals surface area contributed by atoms with Crippen molar-refractivity contribution in [2.24, 2.45) is 0 Å². The van der Waals surface area contributed by atoms with Crippen molar-refractivity contribution in [3.8, 4) is 0 Å². The molecular formula is C26H41N5O. The molecule has 0 amide bonds. The lowest BCUT2D eigenvalue weighted by Gasteiger charge is -2.15. The number of methoxy groups -OCH3 is 1. The summed E-state index contributed by atoms with van der Waals surface area (Å²) >= 11 is 0. The normalized spacial score (nSPS) is 11.0. The Balaban J connectivity index is 0.00000249. The maximum Gasteiger partial charge on any atom is 0.226 e. The van der Waals surface area contributed by atoms with Crippen molar-refractivity contribution >= 4 is 23.3 Å². The molecule has 0 atom stereocenters. The average molecular weight is 440 g/mol. The van der Waals surface area contributed by atoms with Crippen LogP contribution in [0.5, 0.6) is 0 Å². The minimum atomic E-state index is 0.634. The van der Waals surface area contributed by atoms with Crippen molar-refractivity contribution in [2.45, 2.75) is 53.4 Å². The number of hydrogen-bond acceptors (Lipinski definition) is 6. The maximum absolute atomic E-state index is 5.36. The van der Waals surface area contributed by atoms with Crippen molar-refractivity contribution in [1.29, 1.82) is 0 Å². The van der Waals surface area contributed by atoms with Gasteiger partial charge in [0.25, 0.3) is 0 Å².